The molecule has 1 amide bonds. The number of nitrogens with zero attached hydrogens (tertiary/aromatic N) is 2. The maximum absolute atomic E-state index is 14.4. The molecule has 1 saturated heterocycles. The number of benzene rings is 3. The summed E-state index contributed by atoms with van der Waals surface area (Å²) in [4.78, 5) is 56.1. The van der Waals surface area contributed by atoms with Crippen molar-refractivity contribution in [1.29, 1.82) is 0 Å². The first-order valence-corrected chi connectivity index (χ1v) is 18.4. The Labute approximate surface area is 295 Å². The van der Waals surface area contributed by atoms with Gasteiger partial charge in [-0.2, -0.15) is 0 Å². The van der Waals surface area contributed by atoms with Crippen molar-refractivity contribution in [3.8, 4) is 11.5 Å². The molecule has 7 rings (SSSR count). The van der Waals surface area contributed by atoms with Gasteiger partial charge in [-0.15, -0.1) is 0 Å². The lowest BCUT2D eigenvalue weighted by Gasteiger charge is -2.60. The van der Waals surface area contributed by atoms with Crippen LogP contribution in [0.2, 0.25) is 0 Å². The Balaban J connectivity index is 1.17. The summed E-state index contributed by atoms with van der Waals surface area (Å²) in [5, 5.41) is 0. The van der Waals surface area contributed by atoms with Gasteiger partial charge in [0.2, 0.25) is 5.91 Å². The zero-order chi connectivity index (χ0) is 34.8. The molecule has 2 heterocycles. The number of rotatable bonds is 14. The lowest BCUT2D eigenvalue weighted by atomic mass is 9.51. The largest absolute Gasteiger partial charge is 0.483 e. The van der Waals surface area contributed by atoms with Crippen LogP contribution in [0.25, 0.3) is 0 Å². The molecule has 2 bridgehead atoms. The highest BCUT2D eigenvalue weighted by atomic mass is 16.6. The van der Waals surface area contributed by atoms with Crippen molar-refractivity contribution in [2.45, 2.75) is 102 Å². The van der Waals surface area contributed by atoms with Crippen LogP contribution >= 0.6 is 0 Å². The van der Waals surface area contributed by atoms with Gasteiger partial charge in [-0.05, 0) is 87.9 Å². The highest BCUT2D eigenvalue weighted by Gasteiger charge is 2.66. The van der Waals surface area contributed by atoms with Gasteiger partial charge < -0.3 is 14.4 Å². The summed E-state index contributed by atoms with van der Waals surface area (Å²) in [7, 11) is 0. The van der Waals surface area contributed by atoms with Crippen molar-refractivity contribution in [3.05, 3.63) is 95.1 Å². The van der Waals surface area contributed by atoms with Gasteiger partial charge in [0.1, 0.15) is 11.9 Å². The molecule has 4 aliphatic rings. The number of hydrogen-bond acceptors (Lipinski definition) is 7. The first kappa shape index (κ1) is 34.2. The van der Waals surface area contributed by atoms with E-state index in [1.54, 1.807) is 6.92 Å². The molecule has 0 unspecified atom stereocenters. The third kappa shape index (κ3) is 6.50. The number of aryl methyl sites for hydroxylation is 1. The normalized spacial score (nSPS) is 24.5. The molecule has 2 aliphatic heterocycles. The van der Waals surface area contributed by atoms with Crippen LogP contribution in [0.4, 0.5) is 0 Å². The molecule has 1 saturated carbocycles. The predicted octanol–water partition coefficient (Wildman–Crippen LogP) is 6.51. The number of esters is 1. The summed E-state index contributed by atoms with van der Waals surface area (Å²) in [5.74, 6) is 1.37. The van der Waals surface area contributed by atoms with Crippen LogP contribution in [-0.4, -0.2) is 71.1 Å². The maximum atomic E-state index is 14.4. The average Bonchev–Trinajstić information content (AvgIpc) is 3.46. The van der Waals surface area contributed by atoms with Crippen LogP contribution in [0.3, 0.4) is 0 Å². The molecular weight excluding hydrogens is 628 g/mol. The second-order valence-corrected chi connectivity index (χ2v) is 14.7. The molecule has 50 heavy (non-hydrogen) atoms. The van der Waals surface area contributed by atoms with Gasteiger partial charge in [-0.3, -0.25) is 24.1 Å². The smallest absolute Gasteiger partial charge is 0.308 e. The minimum atomic E-state index is -0.390. The summed E-state index contributed by atoms with van der Waals surface area (Å²) in [5.41, 5.74) is 3.97. The number of unbranched alkanes of at least 4 members (excludes halogenated alkanes) is 1. The Kier molecular flexibility index (Phi) is 9.91. The molecule has 3 aromatic rings. The second-order valence-electron chi connectivity index (χ2n) is 14.7. The average molecular weight is 677 g/mol. The van der Waals surface area contributed by atoms with Gasteiger partial charge in [-0.1, -0.05) is 66.7 Å². The SMILES string of the molecule is CC(=O)CN1CC[C@]23c4c5ccc(OC(C)=O)c4O[C@H]2[C@H](N(CCCc2ccccc2)C(=O)CCCCC(=O)c2ccccc2)CC[C@H]3[C@H]1C5. The van der Waals surface area contributed by atoms with Gasteiger partial charge in [0.15, 0.2) is 17.3 Å². The van der Waals surface area contributed by atoms with E-state index in [9.17, 15) is 19.2 Å². The van der Waals surface area contributed by atoms with E-state index >= 15 is 0 Å². The summed E-state index contributed by atoms with van der Waals surface area (Å²) >= 11 is 0. The van der Waals surface area contributed by atoms with Crippen molar-refractivity contribution < 1.29 is 28.7 Å². The van der Waals surface area contributed by atoms with Gasteiger partial charge in [0, 0.05) is 48.9 Å². The molecule has 2 fully saturated rings. The summed E-state index contributed by atoms with van der Waals surface area (Å²) < 4.78 is 12.8. The monoisotopic (exact) mass is 676 g/mol. The van der Waals surface area contributed by atoms with E-state index in [0.29, 0.717) is 55.8 Å². The van der Waals surface area contributed by atoms with Crippen LogP contribution in [0, 0.1) is 5.92 Å². The van der Waals surface area contributed by atoms with Gasteiger partial charge in [-0.25, -0.2) is 0 Å². The molecule has 2 aliphatic carbocycles. The number of carbonyl (C=O) groups is 4. The molecular formula is C42H48N2O6. The predicted molar refractivity (Wildman–Crippen MR) is 190 cm³/mol. The summed E-state index contributed by atoms with van der Waals surface area (Å²) in [6.45, 7) is 4.91. The number of amides is 1. The fraction of sp³-hybridized carbons (Fsp3) is 0.476. The topological polar surface area (TPSA) is 93.2 Å². The highest BCUT2D eigenvalue weighted by Crippen LogP contribution is 2.64. The standard InChI is InChI=1S/C42H48N2O6/c1-28(45)27-43-25-23-42-33-20-21-34(41(42)50-40-37(49-29(2)46)22-19-32(39(40)42)26-35(33)43)44(24-11-14-30-12-5-3-6-13-30)38(48)18-10-9-17-36(47)31-15-7-4-8-16-31/h3-8,12-13,15-16,19,22,33-35,41H,9-11,14,17-18,20-21,23-27H2,1-2H3/t33-,34+,35+,41-,42-/m0/s1. The second kappa shape index (κ2) is 14.5. The van der Waals surface area contributed by atoms with Gasteiger partial charge in [0.25, 0.3) is 0 Å². The fourth-order valence-corrected chi connectivity index (χ4v) is 9.67. The molecule has 5 atom stereocenters. The third-order valence-electron chi connectivity index (χ3n) is 11.6. The summed E-state index contributed by atoms with van der Waals surface area (Å²) in [6, 6.07) is 23.7. The minimum Gasteiger partial charge on any atom is -0.483 e. The quantitative estimate of drug-likeness (QED) is 0.0832. The molecule has 8 nitrogen and oxygen atoms in total. The van der Waals surface area contributed by atoms with E-state index in [1.165, 1.54) is 18.1 Å². The lowest BCUT2D eigenvalue weighted by molar-refractivity contribution is -0.143. The Hall–Kier alpha value is -4.30. The highest BCUT2D eigenvalue weighted by molar-refractivity contribution is 5.96. The number of ketones is 2. The molecule has 3 aromatic carbocycles. The molecule has 262 valence electrons. The number of hydrogen-bond donors (Lipinski definition) is 0. The van der Waals surface area contributed by atoms with Crippen molar-refractivity contribution in [2.75, 3.05) is 19.6 Å². The van der Waals surface area contributed by atoms with E-state index in [0.717, 1.165) is 50.6 Å². The van der Waals surface area contributed by atoms with E-state index in [-0.39, 0.29) is 47.0 Å². The Morgan fingerprint density at radius 1 is 0.900 bits per heavy atom. The fourth-order valence-electron chi connectivity index (χ4n) is 9.67. The third-order valence-corrected chi connectivity index (χ3v) is 11.6. The first-order valence-electron chi connectivity index (χ1n) is 18.4. The van der Waals surface area contributed by atoms with Crippen molar-refractivity contribution in [3.63, 3.8) is 0 Å². The van der Waals surface area contributed by atoms with Gasteiger partial charge >= 0.3 is 5.97 Å². The number of carbonyl (C=O) groups excluding carboxylic acids is 4. The lowest BCUT2D eigenvalue weighted by Crippen LogP contribution is -2.69. The minimum absolute atomic E-state index is 0.103. The molecule has 0 N–H and O–H groups in total. The Morgan fingerprint density at radius 3 is 2.38 bits per heavy atom. The molecule has 1 spiro atoms. The molecule has 0 radical (unpaired) electrons. The Morgan fingerprint density at radius 2 is 1.64 bits per heavy atom. The van der Waals surface area contributed by atoms with Crippen LogP contribution in [-0.2, 0) is 32.6 Å². The van der Waals surface area contributed by atoms with Crippen molar-refractivity contribution >= 4 is 23.4 Å². The van der Waals surface area contributed by atoms with Crippen LogP contribution in [0.5, 0.6) is 11.5 Å². The zero-order valence-electron chi connectivity index (χ0n) is 29.3. The maximum Gasteiger partial charge on any atom is 0.308 e. The van der Waals surface area contributed by atoms with E-state index in [4.69, 9.17) is 9.47 Å². The van der Waals surface area contributed by atoms with E-state index in [2.05, 4.69) is 40.1 Å². The number of ether oxygens (including phenoxy) is 2. The number of Topliss-reactive ketones (excluding diaryl/α,β-unsaturated/α-hetero) is 2. The van der Waals surface area contributed by atoms with Crippen LogP contribution < -0.4 is 9.47 Å². The van der Waals surface area contributed by atoms with Gasteiger partial charge in [0.05, 0.1) is 12.6 Å². The zero-order valence-corrected chi connectivity index (χ0v) is 29.3. The Bertz CT molecular complexity index is 1740. The first-order chi connectivity index (χ1) is 24.3. The summed E-state index contributed by atoms with van der Waals surface area (Å²) in [6.07, 6.45) is 6.87. The van der Waals surface area contributed by atoms with Crippen LogP contribution in [0.1, 0.15) is 92.3 Å². The number of piperidine rings is 1. The van der Waals surface area contributed by atoms with E-state index < -0.39 is 5.97 Å². The van der Waals surface area contributed by atoms with Crippen molar-refractivity contribution in [1.82, 2.24) is 9.80 Å². The molecule has 0 aromatic heterocycles. The molecule has 8 heteroatoms. The number of likely N-dealkylation sites (tertiary alicyclic amines) is 1. The van der Waals surface area contributed by atoms with E-state index in [1.807, 2.05) is 42.5 Å². The van der Waals surface area contributed by atoms with Crippen molar-refractivity contribution in [2.24, 2.45) is 5.92 Å². The van der Waals surface area contributed by atoms with Crippen LogP contribution in [0.15, 0.2) is 72.8 Å².